The van der Waals surface area contributed by atoms with Gasteiger partial charge in [0.1, 0.15) is 11.5 Å². The van der Waals surface area contributed by atoms with Gasteiger partial charge >= 0.3 is 0 Å². The molecule has 5 nitrogen and oxygen atoms in total. The molecule has 1 aliphatic rings. The topological polar surface area (TPSA) is 59.6 Å². The molecule has 0 aliphatic carbocycles. The van der Waals surface area contributed by atoms with E-state index in [1.165, 1.54) is 0 Å². The molecule has 1 unspecified atom stereocenters. The molecule has 1 atom stereocenters. The van der Waals surface area contributed by atoms with Gasteiger partial charge in [-0.2, -0.15) is 0 Å². The summed E-state index contributed by atoms with van der Waals surface area (Å²) in [6, 6.07) is 6.06. The SMILES string of the molecule is COc1ccc(OC)c(CNC2CCC(=O)NC2)c1. The maximum atomic E-state index is 11.1. The van der Waals surface area contributed by atoms with E-state index in [9.17, 15) is 4.79 Å². The molecule has 1 amide bonds. The molecule has 104 valence electrons. The minimum Gasteiger partial charge on any atom is -0.497 e. The van der Waals surface area contributed by atoms with Crippen molar-refractivity contribution < 1.29 is 14.3 Å². The van der Waals surface area contributed by atoms with Crippen LogP contribution in [-0.2, 0) is 11.3 Å². The number of piperidine rings is 1. The summed E-state index contributed by atoms with van der Waals surface area (Å²) in [5, 5.41) is 6.30. The summed E-state index contributed by atoms with van der Waals surface area (Å²) in [7, 11) is 3.31. The van der Waals surface area contributed by atoms with Gasteiger partial charge in [0.05, 0.1) is 14.2 Å². The van der Waals surface area contributed by atoms with E-state index in [0.29, 0.717) is 25.6 Å². The predicted octanol–water partition coefficient (Wildman–Crippen LogP) is 1.07. The third-order valence-electron chi connectivity index (χ3n) is 3.33. The molecule has 1 aromatic rings. The molecular formula is C14H20N2O3. The van der Waals surface area contributed by atoms with E-state index >= 15 is 0 Å². The number of methoxy groups -OCH3 is 2. The Morgan fingerprint density at radius 1 is 1.37 bits per heavy atom. The first-order valence-corrected chi connectivity index (χ1v) is 6.44. The zero-order valence-corrected chi connectivity index (χ0v) is 11.4. The molecule has 5 heteroatoms. The standard InChI is InChI=1S/C14H20N2O3/c1-18-12-4-5-13(19-2)10(7-12)8-15-11-3-6-14(17)16-9-11/h4-5,7,11,15H,3,6,8-9H2,1-2H3,(H,16,17). The monoisotopic (exact) mass is 264 g/mol. The number of amides is 1. The smallest absolute Gasteiger partial charge is 0.220 e. The minimum atomic E-state index is 0.136. The second-order valence-electron chi connectivity index (χ2n) is 4.60. The van der Waals surface area contributed by atoms with E-state index in [1.54, 1.807) is 14.2 Å². The van der Waals surface area contributed by atoms with Gasteiger partial charge < -0.3 is 20.1 Å². The van der Waals surface area contributed by atoms with Gasteiger partial charge in [-0.05, 0) is 24.6 Å². The van der Waals surface area contributed by atoms with Crippen molar-refractivity contribution in [2.45, 2.75) is 25.4 Å². The molecule has 0 spiro atoms. The summed E-state index contributed by atoms with van der Waals surface area (Å²) in [5.41, 5.74) is 1.05. The summed E-state index contributed by atoms with van der Waals surface area (Å²) in [5.74, 6) is 1.79. The second-order valence-corrected chi connectivity index (χ2v) is 4.60. The molecule has 0 aromatic heterocycles. The fourth-order valence-corrected chi connectivity index (χ4v) is 2.18. The number of carbonyl (C=O) groups excluding carboxylic acids is 1. The Bertz CT molecular complexity index is 438. The van der Waals surface area contributed by atoms with Gasteiger partial charge in [-0.1, -0.05) is 0 Å². The summed E-state index contributed by atoms with van der Waals surface area (Å²) in [6.45, 7) is 1.38. The first kappa shape index (κ1) is 13.7. The highest BCUT2D eigenvalue weighted by molar-refractivity contribution is 5.76. The van der Waals surface area contributed by atoms with Crippen LogP contribution in [0.1, 0.15) is 18.4 Å². The van der Waals surface area contributed by atoms with Gasteiger partial charge in [0.15, 0.2) is 0 Å². The molecule has 0 bridgehead atoms. The molecule has 19 heavy (non-hydrogen) atoms. The van der Waals surface area contributed by atoms with Crippen molar-refractivity contribution in [2.75, 3.05) is 20.8 Å². The van der Waals surface area contributed by atoms with Gasteiger partial charge in [-0.25, -0.2) is 0 Å². The van der Waals surface area contributed by atoms with Crippen LogP contribution in [0.5, 0.6) is 11.5 Å². The molecular weight excluding hydrogens is 244 g/mol. The third-order valence-corrected chi connectivity index (χ3v) is 3.33. The molecule has 1 aliphatic heterocycles. The van der Waals surface area contributed by atoms with Gasteiger partial charge in [0.25, 0.3) is 0 Å². The van der Waals surface area contributed by atoms with Crippen molar-refractivity contribution in [3.05, 3.63) is 23.8 Å². The van der Waals surface area contributed by atoms with Crippen LogP contribution in [0.2, 0.25) is 0 Å². The van der Waals surface area contributed by atoms with Crippen molar-refractivity contribution >= 4 is 5.91 Å². The summed E-state index contributed by atoms with van der Waals surface area (Å²) in [4.78, 5) is 11.1. The average molecular weight is 264 g/mol. The molecule has 0 saturated carbocycles. The fraction of sp³-hybridized carbons (Fsp3) is 0.500. The van der Waals surface area contributed by atoms with E-state index in [0.717, 1.165) is 23.5 Å². The second kappa shape index (κ2) is 6.43. The van der Waals surface area contributed by atoms with Gasteiger partial charge in [-0.3, -0.25) is 4.79 Å². The lowest BCUT2D eigenvalue weighted by atomic mass is 10.1. The predicted molar refractivity (Wildman–Crippen MR) is 72.4 cm³/mol. The van der Waals surface area contributed by atoms with Crippen LogP contribution in [-0.4, -0.2) is 32.7 Å². The van der Waals surface area contributed by atoms with E-state index in [2.05, 4.69) is 10.6 Å². The van der Waals surface area contributed by atoms with E-state index < -0.39 is 0 Å². The number of carbonyl (C=O) groups is 1. The molecule has 1 aromatic carbocycles. The highest BCUT2D eigenvalue weighted by atomic mass is 16.5. The van der Waals surface area contributed by atoms with E-state index in [-0.39, 0.29) is 5.91 Å². The molecule has 1 heterocycles. The van der Waals surface area contributed by atoms with Crippen LogP contribution >= 0.6 is 0 Å². The van der Waals surface area contributed by atoms with Crippen LogP contribution in [0.15, 0.2) is 18.2 Å². The Kier molecular flexibility index (Phi) is 4.63. The maximum absolute atomic E-state index is 11.1. The zero-order valence-electron chi connectivity index (χ0n) is 11.4. The highest BCUT2D eigenvalue weighted by Crippen LogP contribution is 2.24. The fourth-order valence-electron chi connectivity index (χ4n) is 2.18. The Morgan fingerprint density at radius 2 is 2.21 bits per heavy atom. The van der Waals surface area contributed by atoms with Crippen molar-refractivity contribution in [3.63, 3.8) is 0 Å². The lowest BCUT2D eigenvalue weighted by molar-refractivity contribution is -0.122. The molecule has 2 N–H and O–H groups in total. The normalized spacial score (nSPS) is 18.8. The van der Waals surface area contributed by atoms with Gasteiger partial charge in [0, 0.05) is 31.1 Å². The Morgan fingerprint density at radius 3 is 2.84 bits per heavy atom. The molecule has 1 fully saturated rings. The van der Waals surface area contributed by atoms with Crippen molar-refractivity contribution in [3.8, 4) is 11.5 Å². The Hall–Kier alpha value is -1.75. The van der Waals surface area contributed by atoms with Crippen LogP contribution in [0.4, 0.5) is 0 Å². The quantitative estimate of drug-likeness (QED) is 0.835. The van der Waals surface area contributed by atoms with Crippen molar-refractivity contribution in [2.24, 2.45) is 0 Å². The first-order valence-electron chi connectivity index (χ1n) is 6.44. The van der Waals surface area contributed by atoms with E-state index in [4.69, 9.17) is 9.47 Å². The first-order chi connectivity index (χ1) is 9.22. The number of benzene rings is 1. The lowest BCUT2D eigenvalue weighted by Gasteiger charge is -2.24. The van der Waals surface area contributed by atoms with Gasteiger partial charge in [0.2, 0.25) is 5.91 Å². The minimum absolute atomic E-state index is 0.136. The summed E-state index contributed by atoms with van der Waals surface area (Å²) < 4.78 is 10.6. The lowest BCUT2D eigenvalue weighted by Crippen LogP contribution is -2.45. The summed E-state index contributed by atoms with van der Waals surface area (Å²) in [6.07, 6.45) is 1.46. The van der Waals surface area contributed by atoms with E-state index in [1.807, 2.05) is 18.2 Å². The number of hydrogen-bond donors (Lipinski definition) is 2. The van der Waals surface area contributed by atoms with Crippen LogP contribution in [0, 0.1) is 0 Å². The zero-order chi connectivity index (χ0) is 13.7. The van der Waals surface area contributed by atoms with Crippen molar-refractivity contribution in [1.82, 2.24) is 10.6 Å². The third kappa shape index (κ3) is 3.61. The van der Waals surface area contributed by atoms with Crippen LogP contribution < -0.4 is 20.1 Å². The van der Waals surface area contributed by atoms with Crippen LogP contribution in [0.3, 0.4) is 0 Å². The summed E-state index contributed by atoms with van der Waals surface area (Å²) >= 11 is 0. The highest BCUT2D eigenvalue weighted by Gasteiger charge is 2.17. The molecule has 2 rings (SSSR count). The van der Waals surface area contributed by atoms with Crippen molar-refractivity contribution in [1.29, 1.82) is 0 Å². The number of rotatable bonds is 5. The van der Waals surface area contributed by atoms with Crippen LogP contribution in [0.25, 0.3) is 0 Å². The Labute approximate surface area is 113 Å². The number of ether oxygens (including phenoxy) is 2. The van der Waals surface area contributed by atoms with Gasteiger partial charge in [-0.15, -0.1) is 0 Å². The molecule has 1 saturated heterocycles. The largest absolute Gasteiger partial charge is 0.497 e. The average Bonchev–Trinajstić information content (AvgIpc) is 2.46. The Balaban J connectivity index is 1.96. The maximum Gasteiger partial charge on any atom is 0.220 e. The number of nitrogens with one attached hydrogen (secondary N) is 2. The molecule has 0 radical (unpaired) electrons. The number of hydrogen-bond acceptors (Lipinski definition) is 4.